The number of hydrogen-bond acceptors (Lipinski definition) is 4. The molecule has 2 aromatic heterocycles. The van der Waals surface area contributed by atoms with Crippen LogP contribution < -0.4 is 10.6 Å². The summed E-state index contributed by atoms with van der Waals surface area (Å²) in [5.74, 6) is 3.26. The van der Waals surface area contributed by atoms with Crippen LogP contribution in [0.1, 0.15) is 24.3 Å². The fourth-order valence-corrected chi connectivity index (χ4v) is 4.20. The summed E-state index contributed by atoms with van der Waals surface area (Å²) in [7, 11) is 2.17. The Morgan fingerprint density at radius 3 is 2.77 bits per heavy atom. The summed E-state index contributed by atoms with van der Waals surface area (Å²) in [5, 5.41) is 5.14. The van der Waals surface area contributed by atoms with Crippen molar-refractivity contribution in [1.82, 2.24) is 9.72 Å². The first kappa shape index (κ1) is 12.1. The Bertz CT molecular complexity index is 884. The number of hydrogen-bond donors (Lipinski definition) is 1. The Morgan fingerprint density at radius 1 is 1.23 bits per heavy atom. The van der Waals surface area contributed by atoms with Crippen molar-refractivity contribution in [3.05, 3.63) is 29.8 Å². The molecule has 0 unspecified atom stereocenters. The largest absolute Gasteiger partial charge is 0.381 e. The third-order valence-corrected chi connectivity index (χ3v) is 5.22. The maximum Gasteiger partial charge on any atom is 0.169 e. The third kappa shape index (κ3) is 1.46. The highest BCUT2D eigenvalue weighted by atomic mass is 16.5. The molecule has 0 aliphatic carbocycles. The Hall–Kier alpha value is -2.43. The monoisotopic (exact) mass is 294 g/mol. The van der Waals surface area contributed by atoms with E-state index >= 15 is 0 Å². The molecule has 5 heteroatoms. The quantitative estimate of drug-likeness (QED) is 0.749. The van der Waals surface area contributed by atoms with Crippen LogP contribution >= 0.6 is 0 Å². The summed E-state index contributed by atoms with van der Waals surface area (Å²) in [4.78, 5) is 2.53. The average Bonchev–Trinajstić information content (AvgIpc) is 3.12. The van der Waals surface area contributed by atoms with Gasteiger partial charge in [-0.25, -0.2) is 0 Å². The molecule has 0 spiro atoms. The van der Waals surface area contributed by atoms with Gasteiger partial charge in [0.15, 0.2) is 11.6 Å². The number of nitrogens with zero attached hydrogens (tertiary/aromatic N) is 3. The first-order valence-corrected chi connectivity index (χ1v) is 7.82. The molecule has 0 radical (unpaired) electrons. The highest BCUT2D eigenvalue weighted by Crippen LogP contribution is 2.47. The molecule has 1 aromatic carbocycles. The van der Waals surface area contributed by atoms with Crippen molar-refractivity contribution in [2.75, 3.05) is 23.7 Å². The first-order chi connectivity index (χ1) is 10.7. The lowest BCUT2D eigenvalue weighted by atomic mass is 9.84. The molecule has 3 aromatic rings. The zero-order valence-electron chi connectivity index (χ0n) is 12.5. The molecule has 5 nitrogen and oxygen atoms in total. The van der Waals surface area contributed by atoms with E-state index in [-0.39, 0.29) is 0 Å². The van der Waals surface area contributed by atoms with Gasteiger partial charge in [-0.05, 0) is 37.0 Å². The van der Waals surface area contributed by atoms with Crippen LogP contribution in [0.25, 0.3) is 22.2 Å². The minimum atomic E-state index is 0.426. The van der Waals surface area contributed by atoms with Crippen LogP contribution in [0.3, 0.4) is 0 Å². The van der Waals surface area contributed by atoms with Crippen molar-refractivity contribution >= 4 is 22.5 Å². The van der Waals surface area contributed by atoms with Gasteiger partial charge in [0.05, 0.1) is 0 Å². The predicted octanol–water partition coefficient (Wildman–Crippen LogP) is 3.11. The molecule has 0 atom stereocenters. The molecule has 3 aliphatic heterocycles. The van der Waals surface area contributed by atoms with E-state index in [1.54, 1.807) is 6.07 Å². The number of nitrogen functional groups attached to an aromatic ring is 1. The van der Waals surface area contributed by atoms with E-state index in [2.05, 4.69) is 39.9 Å². The summed E-state index contributed by atoms with van der Waals surface area (Å²) >= 11 is 0. The zero-order chi connectivity index (χ0) is 14.8. The van der Waals surface area contributed by atoms with Crippen molar-refractivity contribution in [1.29, 1.82) is 0 Å². The number of aryl methyl sites for hydroxylation is 1. The van der Waals surface area contributed by atoms with Gasteiger partial charge in [-0.15, -0.1) is 0 Å². The summed E-state index contributed by atoms with van der Waals surface area (Å²) in [6, 6.07) is 8.29. The lowest BCUT2D eigenvalue weighted by Crippen LogP contribution is -2.39. The minimum Gasteiger partial charge on any atom is -0.381 e. The van der Waals surface area contributed by atoms with Crippen molar-refractivity contribution in [3.8, 4) is 11.3 Å². The highest BCUT2D eigenvalue weighted by molar-refractivity contribution is 5.94. The Kier molecular flexibility index (Phi) is 2.24. The molecule has 2 bridgehead atoms. The van der Waals surface area contributed by atoms with Gasteiger partial charge >= 0.3 is 0 Å². The number of rotatable bonds is 1. The van der Waals surface area contributed by atoms with Crippen LogP contribution in [0.5, 0.6) is 0 Å². The maximum absolute atomic E-state index is 5.68. The molecular formula is C17H18N4O. The van der Waals surface area contributed by atoms with E-state index in [9.17, 15) is 0 Å². The van der Waals surface area contributed by atoms with Crippen LogP contribution in [-0.2, 0) is 7.05 Å². The van der Waals surface area contributed by atoms with E-state index in [1.807, 2.05) is 0 Å². The second kappa shape index (κ2) is 4.06. The molecule has 22 heavy (non-hydrogen) atoms. The van der Waals surface area contributed by atoms with Crippen molar-refractivity contribution in [2.45, 2.75) is 18.8 Å². The van der Waals surface area contributed by atoms with E-state index in [1.165, 1.54) is 48.2 Å². The molecule has 1 fully saturated rings. The molecule has 0 amide bonds. The second-order valence-corrected chi connectivity index (χ2v) is 6.41. The van der Waals surface area contributed by atoms with Crippen molar-refractivity contribution < 1.29 is 4.52 Å². The maximum atomic E-state index is 5.68. The van der Waals surface area contributed by atoms with Crippen LogP contribution in [0.4, 0.5) is 11.6 Å². The summed E-state index contributed by atoms with van der Waals surface area (Å²) in [6.07, 6.45) is 2.54. The fraction of sp³-hybridized carbons (Fsp3) is 0.353. The fourth-order valence-electron chi connectivity index (χ4n) is 4.20. The number of piperidine rings is 1. The van der Waals surface area contributed by atoms with Gasteiger partial charge in [-0.1, -0.05) is 5.16 Å². The van der Waals surface area contributed by atoms with Crippen molar-refractivity contribution in [3.63, 3.8) is 0 Å². The molecule has 112 valence electrons. The molecule has 0 saturated carbocycles. The van der Waals surface area contributed by atoms with E-state index in [0.717, 1.165) is 11.3 Å². The number of anilines is 2. The van der Waals surface area contributed by atoms with E-state index < -0.39 is 0 Å². The SMILES string of the molecule is Cn1c2c(c3cc(-c4cc(N)no4)ccc31)C1CCN2CC1. The summed E-state index contributed by atoms with van der Waals surface area (Å²) in [6.45, 7) is 2.38. The van der Waals surface area contributed by atoms with Crippen LogP contribution in [0, 0.1) is 0 Å². The number of aromatic nitrogens is 2. The van der Waals surface area contributed by atoms with Gasteiger partial charge in [0.25, 0.3) is 0 Å². The lowest BCUT2D eigenvalue weighted by molar-refractivity contribution is 0.436. The molecule has 1 saturated heterocycles. The molecular weight excluding hydrogens is 276 g/mol. The van der Waals surface area contributed by atoms with E-state index in [4.69, 9.17) is 10.3 Å². The van der Waals surface area contributed by atoms with Crippen LogP contribution in [0.15, 0.2) is 28.8 Å². The third-order valence-electron chi connectivity index (χ3n) is 5.22. The first-order valence-electron chi connectivity index (χ1n) is 7.82. The lowest BCUT2D eigenvalue weighted by Gasteiger charge is -2.41. The second-order valence-electron chi connectivity index (χ2n) is 6.41. The van der Waals surface area contributed by atoms with Gasteiger partial charge in [-0.2, -0.15) is 0 Å². The Balaban J connectivity index is 1.78. The van der Waals surface area contributed by atoms with Crippen LogP contribution in [0.2, 0.25) is 0 Å². The van der Waals surface area contributed by atoms with Crippen molar-refractivity contribution in [2.24, 2.45) is 7.05 Å². The Morgan fingerprint density at radius 2 is 2.05 bits per heavy atom. The van der Waals surface area contributed by atoms with E-state index in [0.29, 0.717) is 11.7 Å². The number of nitrogens with two attached hydrogens (primary N) is 1. The molecule has 3 aliphatic rings. The van der Waals surface area contributed by atoms with Gasteiger partial charge < -0.3 is 19.7 Å². The zero-order valence-corrected chi connectivity index (χ0v) is 12.5. The summed E-state index contributed by atoms with van der Waals surface area (Å²) < 4.78 is 7.66. The van der Waals surface area contributed by atoms with Crippen LogP contribution in [-0.4, -0.2) is 22.8 Å². The van der Waals surface area contributed by atoms with Gasteiger partial charge in [0.1, 0.15) is 5.82 Å². The molecule has 5 heterocycles. The summed E-state index contributed by atoms with van der Waals surface area (Å²) in [5.41, 5.74) is 9.53. The molecule has 6 rings (SSSR count). The standard InChI is InChI=1S/C17H18N4O/c1-20-13-3-2-11(14-9-15(18)19-22-14)8-12(13)16-10-4-6-21(7-5-10)17(16)20/h2-3,8-10H,4-7H2,1H3,(H2,18,19). The topological polar surface area (TPSA) is 60.2 Å². The Labute approximate surface area is 128 Å². The highest BCUT2D eigenvalue weighted by Gasteiger charge is 2.35. The minimum absolute atomic E-state index is 0.426. The molecule has 2 N–H and O–H groups in total. The number of fused-ring (bicyclic) bond motifs is 3. The van der Waals surface area contributed by atoms with Gasteiger partial charge in [-0.3, -0.25) is 0 Å². The smallest absolute Gasteiger partial charge is 0.169 e. The average molecular weight is 294 g/mol. The van der Waals surface area contributed by atoms with Gasteiger partial charge in [0.2, 0.25) is 0 Å². The van der Waals surface area contributed by atoms with Gasteiger partial charge in [0, 0.05) is 48.2 Å². The number of benzene rings is 1. The predicted molar refractivity (Wildman–Crippen MR) is 87.0 cm³/mol. The normalized spacial score (nSPS) is 17.4.